The number of primary sulfonamides is 1. The van der Waals surface area contributed by atoms with Gasteiger partial charge in [0, 0.05) is 63.1 Å². The Balaban J connectivity index is 1.34. The van der Waals surface area contributed by atoms with Crippen LogP contribution in [0.3, 0.4) is 0 Å². The van der Waals surface area contributed by atoms with Crippen LogP contribution in [0.4, 0.5) is 17.1 Å². The average molecular weight is 629 g/mol. The highest BCUT2D eigenvalue weighted by atomic mass is 32.2. The molecule has 10 heteroatoms. The van der Waals surface area contributed by atoms with Gasteiger partial charge in [0.05, 0.1) is 16.9 Å². The zero-order valence-corrected chi connectivity index (χ0v) is 27.6. The highest BCUT2D eigenvalue weighted by Crippen LogP contribution is 2.34. The minimum absolute atomic E-state index is 0.000517. The Hall–Kier alpha value is -4.07. The second kappa shape index (κ2) is 13.5. The Morgan fingerprint density at radius 3 is 2.27 bits per heavy atom. The Morgan fingerprint density at radius 1 is 0.956 bits per heavy atom. The van der Waals surface area contributed by atoms with E-state index in [0.29, 0.717) is 55.0 Å². The summed E-state index contributed by atoms with van der Waals surface area (Å²) in [7, 11) is -3.86. The smallest absolute Gasteiger partial charge is 0.254 e. The monoisotopic (exact) mass is 628 g/mol. The third-order valence-electron chi connectivity index (χ3n) is 9.25. The number of nitrogens with two attached hydrogens (primary N) is 1. The largest absolute Gasteiger partial charge is 0.370 e. The fourth-order valence-electron chi connectivity index (χ4n) is 7.03. The van der Waals surface area contributed by atoms with Gasteiger partial charge in [-0.1, -0.05) is 44.2 Å². The summed E-state index contributed by atoms with van der Waals surface area (Å²) >= 11 is 0. The van der Waals surface area contributed by atoms with E-state index in [1.165, 1.54) is 6.07 Å². The molecular weight excluding hydrogens is 584 g/mol. The number of piperazine rings is 1. The van der Waals surface area contributed by atoms with Crippen molar-refractivity contribution in [3.05, 3.63) is 82.9 Å². The fourth-order valence-corrected chi connectivity index (χ4v) is 7.78. The van der Waals surface area contributed by atoms with Crippen LogP contribution in [0.1, 0.15) is 53.7 Å². The molecule has 0 spiro atoms. The summed E-state index contributed by atoms with van der Waals surface area (Å²) in [5.74, 6) is 0.353. The number of piperidine rings is 1. The molecule has 2 saturated heterocycles. The van der Waals surface area contributed by atoms with Gasteiger partial charge >= 0.3 is 0 Å². The average Bonchev–Trinajstić information content (AvgIpc) is 3.03. The van der Waals surface area contributed by atoms with Gasteiger partial charge in [0.15, 0.2) is 0 Å². The number of nitrogens with zero attached hydrogens (tertiary/aromatic N) is 5. The van der Waals surface area contributed by atoms with Crippen molar-refractivity contribution < 1.29 is 13.2 Å². The molecule has 238 valence electrons. The highest BCUT2D eigenvalue weighted by molar-refractivity contribution is 7.89. The third kappa shape index (κ3) is 6.80. The van der Waals surface area contributed by atoms with Crippen molar-refractivity contribution in [1.82, 2.24) is 4.90 Å². The molecular formula is C35H44N6O3S. The number of amides is 1. The van der Waals surface area contributed by atoms with E-state index in [1.54, 1.807) is 18.2 Å². The second-order valence-corrected chi connectivity index (χ2v) is 13.9. The molecule has 2 heterocycles. The van der Waals surface area contributed by atoms with Gasteiger partial charge in [-0.05, 0) is 74.1 Å². The van der Waals surface area contributed by atoms with Crippen molar-refractivity contribution in [2.24, 2.45) is 11.1 Å². The number of anilines is 3. The first-order chi connectivity index (χ1) is 21.5. The Labute approximate surface area is 267 Å². The Morgan fingerprint density at radius 2 is 1.62 bits per heavy atom. The van der Waals surface area contributed by atoms with Gasteiger partial charge in [-0.2, -0.15) is 5.26 Å². The number of carbonyl (C=O) groups excluding carboxylic acids is 1. The van der Waals surface area contributed by atoms with Crippen molar-refractivity contribution in [3.8, 4) is 6.07 Å². The van der Waals surface area contributed by atoms with E-state index in [9.17, 15) is 18.5 Å². The number of nitriles is 1. The maximum Gasteiger partial charge on any atom is 0.254 e. The standard InChI is InChI=1S/C35H44N6O3S/c1-5-15-41(30-14-16-40(24-27(30)4)31-11-7-6-10-28(31)23-36)33-22-29(25(2)21-26(33)3)35(42)39-19-17-38(18-20-39)32-12-8-9-13-34(32)45(37,43)44/h6-13,21-22,27,30H,5,14-20,24H2,1-4H3,(H2,37,43,44). The first kappa shape index (κ1) is 32.3. The predicted molar refractivity (Wildman–Crippen MR) is 180 cm³/mol. The molecule has 45 heavy (non-hydrogen) atoms. The lowest BCUT2D eigenvalue weighted by molar-refractivity contribution is 0.0746. The van der Waals surface area contributed by atoms with E-state index in [4.69, 9.17) is 5.14 Å². The van der Waals surface area contributed by atoms with Crippen LogP contribution >= 0.6 is 0 Å². The molecule has 0 aromatic heterocycles. The molecule has 3 aromatic carbocycles. The summed E-state index contributed by atoms with van der Waals surface area (Å²) in [6.45, 7) is 13.2. The van der Waals surface area contributed by atoms with Crippen LogP contribution in [-0.2, 0) is 10.0 Å². The molecule has 5 rings (SSSR count). The van der Waals surface area contributed by atoms with Crippen LogP contribution in [0.5, 0.6) is 0 Å². The third-order valence-corrected chi connectivity index (χ3v) is 10.2. The summed E-state index contributed by atoms with van der Waals surface area (Å²) in [5, 5.41) is 15.1. The van der Waals surface area contributed by atoms with E-state index in [-0.39, 0.29) is 10.8 Å². The summed E-state index contributed by atoms with van der Waals surface area (Å²) in [5.41, 5.74) is 6.22. The molecule has 9 nitrogen and oxygen atoms in total. The number of carbonyl (C=O) groups is 1. The molecule has 3 aromatic rings. The predicted octanol–water partition coefficient (Wildman–Crippen LogP) is 4.92. The van der Waals surface area contributed by atoms with Crippen molar-refractivity contribution in [2.75, 3.05) is 60.5 Å². The van der Waals surface area contributed by atoms with Gasteiger partial charge in [0.25, 0.3) is 5.91 Å². The van der Waals surface area contributed by atoms with Crippen molar-refractivity contribution in [2.45, 2.75) is 51.5 Å². The van der Waals surface area contributed by atoms with E-state index < -0.39 is 10.0 Å². The molecule has 2 N–H and O–H groups in total. The lowest BCUT2D eigenvalue weighted by atomic mass is 9.90. The zero-order chi connectivity index (χ0) is 32.3. The lowest BCUT2D eigenvalue weighted by Gasteiger charge is -2.45. The van der Waals surface area contributed by atoms with E-state index in [1.807, 2.05) is 41.0 Å². The van der Waals surface area contributed by atoms with Crippen molar-refractivity contribution >= 4 is 33.0 Å². The first-order valence-corrected chi connectivity index (χ1v) is 17.4. The number of aryl methyl sites for hydroxylation is 2. The number of sulfonamides is 1. The van der Waals surface area contributed by atoms with Crippen molar-refractivity contribution in [1.29, 1.82) is 5.26 Å². The normalized spacial score (nSPS) is 18.9. The maximum atomic E-state index is 14.0. The van der Waals surface area contributed by atoms with Gasteiger partial charge < -0.3 is 19.6 Å². The summed E-state index contributed by atoms with van der Waals surface area (Å²) < 4.78 is 24.3. The fraction of sp³-hybridized carbons (Fsp3) is 0.429. The molecule has 0 saturated carbocycles. The van der Waals surface area contributed by atoms with E-state index in [0.717, 1.165) is 55.0 Å². The van der Waals surface area contributed by atoms with Gasteiger partial charge in [-0.15, -0.1) is 0 Å². The minimum Gasteiger partial charge on any atom is -0.370 e. The first-order valence-electron chi connectivity index (χ1n) is 15.8. The number of hydrogen-bond acceptors (Lipinski definition) is 7. The molecule has 2 aliphatic heterocycles. The van der Waals surface area contributed by atoms with Crippen LogP contribution in [-0.4, -0.2) is 71.1 Å². The van der Waals surface area contributed by atoms with Gasteiger partial charge in [-0.3, -0.25) is 4.79 Å². The van der Waals surface area contributed by atoms with Crippen molar-refractivity contribution in [3.63, 3.8) is 0 Å². The van der Waals surface area contributed by atoms with E-state index in [2.05, 4.69) is 48.8 Å². The molecule has 2 fully saturated rings. The summed E-state index contributed by atoms with van der Waals surface area (Å²) in [4.78, 5) is 22.8. The zero-order valence-electron chi connectivity index (χ0n) is 26.7. The van der Waals surface area contributed by atoms with Crippen LogP contribution < -0.4 is 19.8 Å². The number of para-hydroxylation sites is 2. The topological polar surface area (TPSA) is 114 Å². The molecule has 1 amide bonds. The van der Waals surface area contributed by atoms with Crippen LogP contribution in [0, 0.1) is 31.1 Å². The quantitative estimate of drug-likeness (QED) is 0.377. The molecule has 2 unspecified atom stereocenters. The highest BCUT2D eigenvalue weighted by Gasteiger charge is 2.33. The maximum absolute atomic E-state index is 14.0. The van der Waals surface area contributed by atoms with Crippen LogP contribution in [0.2, 0.25) is 0 Å². The number of benzene rings is 3. The summed E-state index contributed by atoms with van der Waals surface area (Å²) in [6.07, 6.45) is 1.95. The molecule has 0 bridgehead atoms. The van der Waals surface area contributed by atoms with Gasteiger partial charge in [0.2, 0.25) is 10.0 Å². The Kier molecular flexibility index (Phi) is 9.70. The lowest BCUT2D eigenvalue weighted by Crippen LogP contribution is -2.51. The van der Waals surface area contributed by atoms with Crippen LogP contribution in [0.25, 0.3) is 0 Å². The molecule has 0 radical (unpaired) electrons. The van der Waals surface area contributed by atoms with Gasteiger partial charge in [-0.25, -0.2) is 13.6 Å². The SMILES string of the molecule is CCCN(c1cc(C(=O)N2CCN(c3ccccc3S(N)(=O)=O)CC2)c(C)cc1C)C1CCN(c2ccccc2C#N)CC1C. The minimum atomic E-state index is -3.86. The second-order valence-electron chi connectivity index (χ2n) is 12.3. The molecule has 0 aliphatic carbocycles. The van der Waals surface area contributed by atoms with E-state index >= 15 is 0 Å². The Bertz CT molecular complexity index is 1690. The van der Waals surface area contributed by atoms with Gasteiger partial charge in [0.1, 0.15) is 11.0 Å². The van der Waals surface area contributed by atoms with Crippen LogP contribution in [0.15, 0.2) is 65.6 Å². The molecule has 2 aliphatic rings. The number of hydrogen-bond donors (Lipinski definition) is 1. The number of rotatable bonds is 8. The molecule has 2 atom stereocenters. The summed E-state index contributed by atoms with van der Waals surface area (Å²) in [6, 6.07) is 21.5.